The smallest absolute Gasteiger partial charge is 0.292 e. The fourth-order valence-electron chi connectivity index (χ4n) is 5.30. The van der Waals surface area contributed by atoms with E-state index in [4.69, 9.17) is 4.98 Å². The third kappa shape index (κ3) is 5.52. The van der Waals surface area contributed by atoms with Crippen LogP contribution in [0.5, 0.6) is 0 Å². The topological polar surface area (TPSA) is 94.3 Å². The van der Waals surface area contributed by atoms with Crippen LogP contribution in [-0.2, 0) is 19.4 Å². The van der Waals surface area contributed by atoms with Gasteiger partial charge in [0.1, 0.15) is 0 Å². The van der Waals surface area contributed by atoms with Crippen LogP contribution >= 0.6 is 0 Å². The number of rotatable bonds is 11. The van der Waals surface area contributed by atoms with Crippen molar-refractivity contribution in [3.05, 3.63) is 99.9 Å². The Bertz CT molecular complexity index is 1610. The van der Waals surface area contributed by atoms with Crippen LogP contribution in [0.15, 0.2) is 71.8 Å². The van der Waals surface area contributed by atoms with Crippen molar-refractivity contribution in [2.75, 3.05) is 0 Å². The van der Waals surface area contributed by atoms with Gasteiger partial charge in [-0.15, -0.1) is 5.10 Å². The number of unbranched alkanes of at least 4 members (excludes halogenated alkanes) is 1. The molecule has 3 heterocycles. The van der Waals surface area contributed by atoms with E-state index in [0.717, 1.165) is 65.9 Å². The molecule has 2 aromatic carbocycles. The first-order valence-electron chi connectivity index (χ1n) is 14.2. The van der Waals surface area contributed by atoms with Crippen LogP contribution in [0.3, 0.4) is 0 Å². The summed E-state index contributed by atoms with van der Waals surface area (Å²) in [5, 5.41) is 14.3. The summed E-state index contributed by atoms with van der Waals surface area (Å²) < 4.78 is 3.82. The van der Waals surface area contributed by atoms with E-state index in [2.05, 4.69) is 78.8 Å². The van der Waals surface area contributed by atoms with Crippen molar-refractivity contribution in [2.24, 2.45) is 0 Å². The Morgan fingerprint density at radius 2 is 1.75 bits per heavy atom. The summed E-state index contributed by atoms with van der Waals surface area (Å²) in [7, 11) is 0. The number of pyridine rings is 1. The molecule has 0 atom stereocenters. The molecule has 1 N–H and O–H groups in total. The predicted octanol–water partition coefficient (Wildman–Crippen LogP) is 6.35. The van der Waals surface area contributed by atoms with Crippen LogP contribution in [0, 0.1) is 0 Å². The summed E-state index contributed by atoms with van der Waals surface area (Å²) >= 11 is 0. The SMILES string of the molecule is CCCCc1cn(-c2c(CCC)cccc2C(C)C)c(=O)n1Cc1ccc(-c2ccccc2-c2nnn[nH]2)nc1. The Balaban J connectivity index is 1.52. The van der Waals surface area contributed by atoms with E-state index >= 15 is 0 Å². The molecule has 8 nitrogen and oxygen atoms in total. The summed E-state index contributed by atoms with van der Waals surface area (Å²) in [5.41, 5.74) is 8.16. The van der Waals surface area contributed by atoms with Gasteiger partial charge in [0.25, 0.3) is 0 Å². The number of aryl methyl sites for hydroxylation is 2. The van der Waals surface area contributed by atoms with Gasteiger partial charge in [0.2, 0.25) is 0 Å². The van der Waals surface area contributed by atoms with Gasteiger partial charge in [0.15, 0.2) is 5.82 Å². The predicted molar refractivity (Wildman–Crippen MR) is 159 cm³/mol. The third-order valence-electron chi connectivity index (χ3n) is 7.35. The number of nitrogens with one attached hydrogen (secondary N) is 1. The Morgan fingerprint density at radius 3 is 2.42 bits per heavy atom. The Labute approximate surface area is 235 Å². The van der Waals surface area contributed by atoms with Crippen LogP contribution < -0.4 is 5.69 Å². The number of hydrogen-bond acceptors (Lipinski definition) is 5. The number of aromatic amines is 1. The van der Waals surface area contributed by atoms with E-state index in [0.29, 0.717) is 18.3 Å². The van der Waals surface area contributed by atoms with Crippen molar-refractivity contribution in [3.8, 4) is 28.3 Å². The van der Waals surface area contributed by atoms with Crippen molar-refractivity contribution in [1.29, 1.82) is 0 Å². The number of benzene rings is 2. The first-order valence-corrected chi connectivity index (χ1v) is 14.2. The Hall–Kier alpha value is -4.33. The summed E-state index contributed by atoms with van der Waals surface area (Å²) in [6, 6.07) is 18.4. The van der Waals surface area contributed by atoms with Gasteiger partial charge in [-0.2, -0.15) is 0 Å². The molecule has 0 bridgehead atoms. The van der Waals surface area contributed by atoms with Gasteiger partial charge >= 0.3 is 5.69 Å². The minimum absolute atomic E-state index is 0.00352. The lowest BCUT2D eigenvalue weighted by atomic mass is 9.95. The molecule has 0 saturated heterocycles. The van der Waals surface area contributed by atoms with Gasteiger partial charge in [-0.3, -0.25) is 14.1 Å². The van der Waals surface area contributed by atoms with Gasteiger partial charge in [0.05, 0.1) is 17.9 Å². The number of aromatic nitrogens is 7. The van der Waals surface area contributed by atoms with Crippen LogP contribution in [0.1, 0.15) is 75.3 Å². The van der Waals surface area contributed by atoms with Crippen molar-refractivity contribution in [3.63, 3.8) is 0 Å². The molecule has 8 heteroatoms. The van der Waals surface area contributed by atoms with E-state index in [1.165, 1.54) is 11.1 Å². The largest absolute Gasteiger partial charge is 0.333 e. The molecule has 0 unspecified atom stereocenters. The minimum Gasteiger partial charge on any atom is -0.292 e. The van der Waals surface area contributed by atoms with Crippen molar-refractivity contribution in [1.82, 2.24) is 34.7 Å². The van der Waals surface area contributed by atoms with Gasteiger partial charge in [-0.05, 0) is 58.4 Å². The molecule has 0 aliphatic rings. The molecule has 0 radical (unpaired) electrons. The summed E-state index contributed by atoms with van der Waals surface area (Å²) in [6.45, 7) is 9.22. The summed E-state index contributed by atoms with van der Waals surface area (Å²) in [5.74, 6) is 0.910. The highest BCUT2D eigenvalue weighted by Gasteiger charge is 2.19. The van der Waals surface area contributed by atoms with Crippen LogP contribution in [-0.4, -0.2) is 34.7 Å². The number of hydrogen-bond donors (Lipinski definition) is 1. The van der Waals surface area contributed by atoms with Gasteiger partial charge < -0.3 is 0 Å². The van der Waals surface area contributed by atoms with Gasteiger partial charge in [0, 0.05) is 29.2 Å². The third-order valence-corrected chi connectivity index (χ3v) is 7.35. The highest BCUT2D eigenvalue weighted by molar-refractivity contribution is 5.78. The standard InChI is InChI=1S/C32H37N7O/c1-5-7-13-25-21-39(30-24(11-6-2)12-10-16-26(30)22(3)4)32(40)38(25)20-23-17-18-29(33-19-23)27-14-8-9-15-28(27)31-34-36-37-35-31/h8-10,12,14-19,21-22H,5-7,11,13,20H2,1-4H3,(H,34,35,36,37). The lowest BCUT2D eigenvalue weighted by Crippen LogP contribution is -2.26. The number of nitrogens with zero attached hydrogens (tertiary/aromatic N) is 6. The minimum atomic E-state index is 0.00352. The highest BCUT2D eigenvalue weighted by Crippen LogP contribution is 2.29. The molecule has 0 spiro atoms. The summed E-state index contributed by atoms with van der Waals surface area (Å²) in [4.78, 5) is 18.8. The zero-order valence-corrected chi connectivity index (χ0v) is 23.8. The normalized spacial score (nSPS) is 11.4. The second-order valence-corrected chi connectivity index (χ2v) is 10.6. The molecule has 5 aromatic rings. The van der Waals surface area contributed by atoms with Crippen LogP contribution in [0.25, 0.3) is 28.3 Å². The highest BCUT2D eigenvalue weighted by atomic mass is 16.1. The maximum absolute atomic E-state index is 14.0. The second kappa shape index (κ2) is 12.2. The van der Waals surface area contributed by atoms with Crippen LogP contribution in [0.2, 0.25) is 0 Å². The maximum atomic E-state index is 14.0. The quantitative estimate of drug-likeness (QED) is 0.213. The zero-order valence-electron chi connectivity index (χ0n) is 23.8. The van der Waals surface area contributed by atoms with Crippen molar-refractivity contribution < 1.29 is 0 Å². The molecule has 0 aliphatic carbocycles. The van der Waals surface area contributed by atoms with Crippen molar-refractivity contribution in [2.45, 2.75) is 72.3 Å². The fourth-order valence-corrected chi connectivity index (χ4v) is 5.30. The summed E-state index contributed by atoms with van der Waals surface area (Å²) in [6.07, 6.45) is 8.86. The maximum Gasteiger partial charge on any atom is 0.333 e. The molecule has 5 rings (SSSR count). The first-order chi connectivity index (χ1) is 19.5. The van der Waals surface area contributed by atoms with E-state index < -0.39 is 0 Å². The number of imidazole rings is 1. The van der Waals surface area contributed by atoms with E-state index in [1.807, 2.05) is 45.7 Å². The van der Waals surface area contributed by atoms with Crippen LogP contribution in [0.4, 0.5) is 0 Å². The fraction of sp³-hybridized carbons (Fsp3) is 0.344. The Morgan fingerprint density at radius 1 is 0.925 bits per heavy atom. The van der Waals surface area contributed by atoms with E-state index in [-0.39, 0.29) is 5.69 Å². The molecular formula is C32H37N7O. The van der Waals surface area contributed by atoms with Gasteiger partial charge in [-0.25, -0.2) is 9.89 Å². The average Bonchev–Trinajstić information content (AvgIpc) is 3.61. The number of H-pyrrole nitrogens is 1. The molecule has 0 fully saturated rings. The molecule has 206 valence electrons. The molecule has 0 saturated carbocycles. The molecule has 0 aliphatic heterocycles. The van der Waals surface area contributed by atoms with Gasteiger partial charge in [-0.1, -0.05) is 89.1 Å². The molecule has 0 amide bonds. The number of tetrazole rings is 1. The molecular weight excluding hydrogens is 498 g/mol. The second-order valence-electron chi connectivity index (χ2n) is 10.6. The monoisotopic (exact) mass is 535 g/mol. The zero-order chi connectivity index (χ0) is 28.1. The first kappa shape index (κ1) is 27.2. The molecule has 40 heavy (non-hydrogen) atoms. The average molecular weight is 536 g/mol. The Kier molecular flexibility index (Phi) is 8.34. The number of para-hydroxylation sites is 1. The molecule has 3 aromatic heterocycles. The lowest BCUT2D eigenvalue weighted by molar-refractivity contribution is 0.671. The van der Waals surface area contributed by atoms with Crippen molar-refractivity contribution >= 4 is 0 Å². The van der Waals surface area contributed by atoms with E-state index in [1.54, 1.807) is 0 Å². The lowest BCUT2D eigenvalue weighted by Gasteiger charge is -2.17. The van der Waals surface area contributed by atoms with E-state index in [9.17, 15) is 4.79 Å².